The molecule has 1 aliphatic rings. The lowest BCUT2D eigenvalue weighted by molar-refractivity contribution is -0.121. The number of rotatable bonds is 7. The number of methoxy groups -OCH3 is 1. The molecule has 0 bridgehead atoms. The van der Waals surface area contributed by atoms with Gasteiger partial charge in [0.05, 0.1) is 20.3 Å². The minimum Gasteiger partial charge on any atom is -0.497 e. The van der Waals surface area contributed by atoms with Crippen LogP contribution >= 0.6 is 0 Å². The molecular weight excluding hydrogens is 306 g/mol. The molecule has 2 aromatic rings. The molecule has 5 nitrogen and oxygen atoms in total. The van der Waals surface area contributed by atoms with Crippen LogP contribution in [0.15, 0.2) is 48.5 Å². The molecule has 3 rings (SSSR count). The number of nitrogens with one attached hydrogen (secondary N) is 1. The van der Waals surface area contributed by atoms with Crippen molar-refractivity contribution in [3.05, 3.63) is 54.1 Å². The van der Waals surface area contributed by atoms with Gasteiger partial charge in [-0.05, 0) is 30.3 Å². The zero-order valence-electron chi connectivity index (χ0n) is 13.7. The second-order valence-electron chi connectivity index (χ2n) is 5.62. The number of carbonyl (C=O) groups is 1. The van der Waals surface area contributed by atoms with Gasteiger partial charge in [0.15, 0.2) is 0 Å². The Balaban J connectivity index is 1.38. The molecule has 0 aromatic heterocycles. The number of para-hydroxylation sites is 1. The fraction of sp³-hybridized carbons (Fsp3) is 0.316. The monoisotopic (exact) mass is 327 g/mol. The number of carbonyl (C=O) groups excluding carboxylic acids is 1. The van der Waals surface area contributed by atoms with Crippen LogP contribution < -0.4 is 19.5 Å². The van der Waals surface area contributed by atoms with Gasteiger partial charge in [0, 0.05) is 17.9 Å². The van der Waals surface area contributed by atoms with Crippen molar-refractivity contribution in [3.8, 4) is 17.2 Å². The molecule has 1 unspecified atom stereocenters. The van der Waals surface area contributed by atoms with Crippen molar-refractivity contribution in [2.24, 2.45) is 0 Å². The molecule has 0 saturated carbocycles. The topological polar surface area (TPSA) is 56.8 Å². The van der Waals surface area contributed by atoms with E-state index < -0.39 is 0 Å². The van der Waals surface area contributed by atoms with Crippen molar-refractivity contribution in [2.75, 3.05) is 26.9 Å². The van der Waals surface area contributed by atoms with Gasteiger partial charge < -0.3 is 19.5 Å². The SMILES string of the molecule is COc1ccc(OCCNC(=O)CC2COc3ccccc32)cc1. The zero-order chi connectivity index (χ0) is 16.8. The van der Waals surface area contributed by atoms with E-state index in [4.69, 9.17) is 14.2 Å². The molecule has 1 heterocycles. The predicted octanol–water partition coefficient (Wildman–Crippen LogP) is 2.76. The second-order valence-corrected chi connectivity index (χ2v) is 5.62. The third kappa shape index (κ3) is 3.98. The lowest BCUT2D eigenvalue weighted by Gasteiger charge is -2.11. The molecule has 126 valence electrons. The molecule has 0 aliphatic carbocycles. The van der Waals surface area contributed by atoms with Crippen LogP contribution in [-0.2, 0) is 4.79 Å². The molecule has 2 aromatic carbocycles. The van der Waals surface area contributed by atoms with Crippen LogP contribution in [0.1, 0.15) is 17.9 Å². The first-order valence-corrected chi connectivity index (χ1v) is 8.01. The molecule has 0 saturated heterocycles. The van der Waals surface area contributed by atoms with E-state index in [1.54, 1.807) is 7.11 Å². The Kier molecular flexibility index (Phi) is 5.21. The fourth-order valence-corrected chi connectivity index (χ4v) is 2.73. The van der Waals surface area contributed by atoms with Crippen LogP contribution in [-0.4, -0.2) is 32.8 Å². The highest BCUT2D eigenvalue weighted by Gasteiger charge is 2.25. The van der Waals surface area contributed by atoms with Gasteiger partial charge >= 0.3 is 0 Å². The van der Waals surface area contributed by atoms with E-state index >= 15 is 0 Å². The van der Waals surface area contributed by atoms with E-state index in [1.807, 2.05) is 48.5 Å². The first-order chi connectivity index (χ1) is 11.8. The van der Waals surface area contributed by atoms with E-state index in [-0.39, 0.29) is 11.8 Å². The first-order valence-electron chi connectivity index (χ1n) is 8.01. The number of ether oxygens (including phenoxy) is 3. The predicted molar refractivity (Wildman–Crippen MR) is 90.8 cm³/mol. The molecule has 0 radical (unpaired) electrons. The van der Waals surface area contributed by atoms with E-state index in [9.17, 15) is 4.79 Å². The smallest absolute Gasteiger partial charge is 0.220 e. The first kappa shape index (κ1) is 16.2. The van der Waals surface area contributed by atoms with E-state index in [0.717, 1.165) is 22.8 Å². The summed E-state index contributed by atoms with van der Waals surface area (Å²) >= 11 is 0. The molecule has 0 spiro atoms. The number of benzene rings is 2. The summed E-state index contributed by atoms with van der Waals surface area (Å²) < 4.78 is 16.3. The highest BCUT2D eigenvalue weighted by Crippen LogP contribution is 2.35. The number of hydrogen-bond acceptors (Lipinski definition) is 4. The van der Waals surface area contributed by atoms with Crippen LogP contribution in [0.2, 0.25) is 0 Å². The summed E-state index contributed by atoms with van der Waals surface area (Å²) in [5, 5.41) is 2.89. The average Bonchev–Trinajstić information content (AvgIpc) is 3.02. The van der Waals surface area contributed by atoms with Gasteiger partial charge in [-0.25, -0.2) is 0 Å². The van der Waals surface area contributed by atoms with Gasteiger partial charge in [-0.3, -0.25) is 4.79 Å². The minimum atomic E-state index is 0.0126. The third-order valence-electron chi connectivity index (χ3n) is 3.98. The van der Waals surface area contributed by atoms with Gasteiger partial charge in [-0.15, -0.1) is 0 Å². The summed E-state index contributed by atoms with van der Waals surface area (Å²) in [4.78, 5) is 12.1. The molecular formula is C19H21NO4. The van der Waals surface area contributed by atoms with Crippen molar-refractivity contribution < 1.29 is 19.0 Å². The molecule has 1 atom stereocenters. The maximum atomic E-state index is 12.1. The highest BCUT2D eigenvalue weighted by molar-refractivity contribution is 5.77. The van der Waals surface area contributed by atoms with Crippen LogP contribution in [0.3, 0.4) is 0 Å². The Morgan fingerprint density at radius 2 is 1.92 bits per heavy atom. The molecule has 1 N–H and O–H groups in total. The normalized spacial score (nSPS) is 15.3. The van der Waals surface area contributed by atoms with Crippen molar-refractivity contribution >= 4 is 5.91 Å². The summed E-state index contributed by atoms with van der Waals surface area (Å²) in [7, 11) is 1.62. The maximum Gasteiger partial charge on any atom is 0.220 e. The van der Waals surface area contributed by atoms with E-state index in [1.165, 1.54) is 0 Å². The van der Waals surface area contributed by atoms with Crippen LogP contribution in [0, 0.1) is 0 Å². The summed E-state index contributed by atoms with van der Waals surface area (Å²) in [6.45, 7) is 1.46. The Morgan fingerprint density at radius 1 is 1.17 bits per heavy atom. The van der Waals surface area contributed by atoms with Crippen molar-refractivity contribution in [3.63, 3.8) is 0 Å². The second kappa shape index (κ2) is 7.73. The van der Waals surface area contributed by atoms with E-state index in [2.05, 4.69) is 5.32 Å². The largest absolute Gasteiger partial charge is 0.497 e. The highest BCUT2D eigenvalue weighted by atomic mass is 16.5. The number of fused-ring (bicyclic) bond motifs is 1. The number of hydrogen-bond donors (Lipinski definition) is 1. The molecule has 24 heavy (non-hydrogen) atoms. The Hall–Kier alpha value is -2.69. The molecule has 5 heteroatoms. The Labute approximate surface area is 141 Å². The van der Waals surface area contributed by atoms with Gasteiger partial charge in [0.2, 0.25) is 5.91 Å². The van der Waals surface area contributed by atoms with Crippen LogP contribution in [0.5, 0.6) is 17.2 Å². The van der Waals surface area contributed by atoms with Crippen molar-refractivity contribution in [2.45, 2.75) is 12.3 Å². The quantitative estimate of drug-likeness (QED) is 0.795. The zero-order valence-corrected chi connectivity index (χ0v) is 13.7. The standard InChI is InChI=1S/C19H21NO4/c1-22-15-6-8-16(9-7-15)23-11-10-20-19(21)12-14-13-24-18-5-3-2-4-17(14)18/h2-9,14H,10-13H2,1H3,(H,20,21). The van der Waals surface area contributed by atoms with Crippen molar-refractivity contribution in [1.29, 1.82) is 0 Å². The van der Waals surface area contributed by atoms with Gasteiger partial charge in [-0.2, -0.15) is 0 Å². The van der Waals surface area contributed by atoms with Gasteiger partial charge in [0.25, 0.3) is 0 Å². The molecule has 1 amide bonds. The third-order valence-corrected chi connectivity index (χ3v) is 3.98. The lowest BCUT2D eigenvalue weighted by Crippen LogP contribution is -2.29. The van der Waals surface area contributed by atoms with Gasteiger partial charge in [-0.1, -0.05) is 18.2 Å². The van der Waals surface area contributed by atoms with Crippen LogP contribution in [0.4, 0.5) is 0 Å². The maximum absolute atomic E-state index is 12.1. The van der Waals surface area contributed by atoms with Gasteiger partial charge in [0.1, 0.15) is 23.9 Å². The fourth-order valence-electron chi connectivity index (χ4n) is 2.73. The molecule has 1 aliphatic heterocycles. The average molecular weight is 327 g/mol. The number of amides is 1. The Bertz CT molecular complexity index is 684. The summed E-state index contributed by atoms with van der Waals surface area (Å²) in [6.07, 6.45) is 0.430. The summed E-state index contributed by atoms with van der Waals surface area (Å²) in [6, 6.07) is 15.2. The lowest BCUT2D eigenvalue weighted by atomic mass is 9.98. The molecule has 0 fully saturated rings. The Morgan fingerprint density at radius 3 is 2.71 bits per heavy atom. The minimum absolute atomic E-state index is 0.0126. The van der Waals surface area contributed by atoms with Crippen molar-refractivity contribution in [1.82, 2.24) is 5.32 Å². The van der Waals surface area contributed by atoms with E-state index in [0.29, 0.717) is 26.2 Å². The summed E-state index contributed by atoms with van der Waals surface area (Å²) in [5.41, 5.74) is 1.11. The van der Waals surface area contributed by atoms with Crippen LogP contribution in [0.25, 0.3) is 0 Å². The summed E-state index contributed by atoms with van der Waals surface area (Å²) in [5.74, 6) is 2.57.